The summed E-state index contributed by atoms with van der Waals surface area (Å²) in [4.78, 5) is 24.4. The number of nitrogens with one attached hydrogen (secondary N) is 1. The van der Waals surface area contributed by atoms with Gasteiger partial charge in [0, 0.05) is 12.5 Å². The van der Waals surface area contributed by atoms with E-state index in [9.17, 15) is 9.59 Å². The molecule has 0 radical (unpaired) electrons. The summed E-state index contributed by atoms with van der Waals surface area (Å²) in [6, 6.07) is 18.4. The first-order valence-corrected chi connectivity index (χ1v) is 11.6. The van der Waals surface area contributed by atoms with Crippen LogP contribution in [0.5, 0.6) is 0 Å². The number of carbonyl (C=O) groups excluding carboxylic acids is 2. The van der Waals surface area contributed by atoms with E-state index in [4.69, 9.17) is 28.4 Å². The van der Waals surface area contributed by atoms with E-state index in [1.807, 2.05) is 60.7 Å². The molecule has 188 valence electrons. The molecule has 2 heterocycles. The summed E-state index contributed by atoms with van der Waals surface area (Å²) in [5.74, 6) is -0.834. The number of hydrogen-bond acceptors (Lipinski definition) is 8. The van der Waals surface area contributed by atoms with Crippen LogP contribution >= 0.6 is 0 Å². The molecular weight excluding hydrogens is 454 g/mol. The first kappa shape index (κ1) is 25.3. The van der Waals surface area contributed by atoms with Crippen LogP contribution in [0, 0.1) is 0 Å². The highest BCUT2D eigenvalue weighted by molar-refractivity contribution is 5.74. The molecule has 4 rings (SSSR count). The summed E-state index contributed by atoms with van der Waals surface area (Å²) in [7, 11) is 1.29. The molecule has 2 aliphatic rings. The zero-order valence-corrected chi connectivity index (χ0v) is 20.0. The van der Waals surface area contributed by atoms with Crippen LogP contribution in [0.1, 0.15) is 31.3 Å². The van der Waals surface area contributed by atoms with Gasteiger partial charge in [0.25, 0.3) is 0 Å². The van der Waals surface area contributed by atoms with E-state index in [2.05, 4.69) is 5.32 Å². The summed E-state index contributed by atoms with van der Waals surface area (Å²) >= 11 is 0. The minimum absolute atomic E-state index is 0.217. The summed E-state index contributed by atoms with van der Waals surface area (Å²) in [5, 5.41) is 2.88. The third-order valence-corrected chi connectivity index (χ3v) is 5.93. The Morgan fingerprint density at radius 1 is 1.06 bits per heavy atom. The summed E-state index contributed by atoms with van der Waals surface area (Å²) in [6.07, 6.45) is -4.39. The van der Waals surface area contributed by atoms with Gasteiger partial charge in [-0.05, 0) is 12.5 Å². The number of methoxy groups -OCH3 is 1. The van der Waals surface area contributed by atoms with Crippen LogP contribution in [0.15, 0.2) is 60.7 Å². The lowest BCUT2D eigenvalue weighted by Crippen LogP contribution is -2.68. The number of amides is 1. The van der Waals surface area contributed by atoms with E-state index in [-0.39, 0.29) is 19.1 Å². The van der Waals surface area contributed by atoms with Crippen molar-refractivity contribution in [2.45, 2.75) is 63.5 Å². The Kier molecular flexibility index (Phi) is 8.48. The highest BCUT2D eigenvalue weighted by Gasteiger charge is 2.52. The van der Waals surface area contributed by atoms with Crippen molar-refractivity contribution in [1.82, 2.24) is 5.32 Å². The topological polar surface area (TPSA) is 102 Å². The second-order valence-corrected chi connectivity index (χ2v) is 8.51. The number of hydrogen-bond donors (Lipinski definition) is 1. The minimum atomic E-state index is -0.906. The zero-order valence-electron chi connectivity index (χ0n) is 20.0. The molecule has 0 aromatic heterocycles. The van der Waals surface area contributed by atoms with Crippen LogP contribution in [-0.2, 0) is 44.6 Å². The van der Waals surface area contributed by atoms with Gasteiger partial charge in [-0.1, -0.05) is 60.7 Å². The molecule has 35 heavy (non-hydrogen) atoms. The molecule has 1 N–H and O–H groups in total. The lowest BCUT2D eigenvalue weighted by Gasteiger charge is -2.49. The monoisotopic (exact) mass is 485 g/mol. The molecular formula is C26H31NO8. The Morgan fingerprint density at radius 3 is 2.40 bits per heavy atom. The smallest absolute Gasteiger partial charge is 0.334 e. The van der Waals surface area contributed by atoms with E-state index >= 15 is 0 Å². The summed E-state index contributed by atoms with van der Waals surface area (Å²) in [5.41, 5.74) is 1.78. The van der Waals surface area contributed by atoms with Crippen molar-refractivity contribution in [3.8, 4) is 0 Å². The Bertz CT molecular complexity index is 972. The van der Waals surface area contributed by atoms with E-state index < -0.39 is 49.0 Å². The van der Waals surface area contributed by atoms with Crippen LogP contribution in [0.4, 0.5) is 0 Å². The molecule has 2 saturated heterocycles. The fourth-order valence-corrected chi connectivity index (χ4v) is 4.25. The lowest BCUT2D eigenvalue weighted by atomic mass is 9.95. The van der Waals surface area contributed by atoms with E-state index in [1.54, 1.807) is 6.92 Å². The standard InChI is InChI=1S/C26H31NO8/c1-16(24(29)30-3)33-23-21(27-17(2)28)26(31-14-18-10-6-4-7-11-18)34-20-15-32-25(35-22(20)23)19-12-8-5-9-13-19/h4-13,16,20-23,25-26H,14-15H2,1-3H3,(H,27,28)/t16-,20+,21+,22+,23+,25-,26+/m0/s1. The molecule has 2 aromatic carbocycles. The van der Waals surface area contributed by atoms with E-state index in [1.165, 1.54) is 14.0 Å². The van der Waals surface area contributed by atoms with Crippen molar-refractivity contribution < 1.29 is 38.0 Å². The molecule has 2 aromatic rings. The Morgan fingerprint density at radius 2 is 1.74 bits per heavy atom. The van der Waals surface area contributed by atoms with Gasteiger partial charge < -0.3 is 33.7 Å². The molecule has 7 atom stereocenters. The van der Waals surface area contributed by atoms with Gasteiger partial charge in [0.2, 0.25) is 5.91 Å². The molecule has 2 fully saturated rings. The molecule has 0 saturated carbocycles. The average Bonchev–Trinajstić information content (AvgIpc) is 2.89. The van der Waals surface area contributed by atoms with Gasteiger partial charge in [-0.25, -0.2) is 4.79 Å². The van der Waals surface area contributed by atoms with Gasteiger partial charge in [-0.2, -0.15) is 0 Å². The van der Waals surface area contributed by atoms with Crippen molar-refractivity contribution in [3.05, 3.63) is 71.8 Å². The second kappa shape index (κ2) is 11.7. The molecule has 0 spiro atoms. The van der Waals surface area contributed by atoms with Crippen molar-refractivity contribution in [1.29, 1.82) is 0 Å². The van der Waals surface area contributed by atoms with Crippen LogP contribution in [0.25, 0.3) is 0 Å². The molecule has 9 nitrogen and oxygen atoms in total. The van der Waals surface area contributed by atoms with Crippen LogP contribution in [0.2, 0.25) is 0 Å². The Hall–Kier alpha value is -2.82. The zero-order chi connectivity index (χ0) is 24.8. The van der Waals surface area contributed by atoms with Gasteiger partial charge in [-0.15, -0.1) is 0 Å². The first-order valence-electron chi connectivity index (χ1n) is 11.6. The third-order valence-electron chi connectivity index (χ3n) is 5.93. The maximum Gasteiger partial charge on any atom is 0.334 e. The third kappa shape index (κ3) is 6.25. The van der Waals surface area contributed by atoms with Crippen LogP contribution < -0.4 is 5.32 Å². The van der Waals surface area contributed by atoms with E-state index in [0.29, 0.717) is 0 Å². The van der Waals surface area contributed by atoms with Crippen molar-refractivity contribution >= 4 is 11.9 Å². The number of fused-ring (bicyclic) bond motifs is 1. The molecule has 0 bridgehead atoms. The van der Waals surface area contributed by atoms with Gasteiger partial charge in [-0.3, -0.25) is 4.79 Å². The summed E-state index contributed by atoms with van der Waals surface area (Å²) in [6.45, 7) is 3.47. The maximum absolute atomic E-state index is 12.2. The minimum Gasteiger partial charge on any atom is -0.467 e. The maximum atomic E-state index is 12.2. The normalized spacial score (nSPS) is 29.0. The molecule has 2 aliphatic heterocycles. The van der Waals surface area contributed by atoms with Gasteiger partial charge >= 0.3 is 5.97 Å². The molecule has 1 amide bonds. The van der Waals surface area contributed by atoms with Gasteiger partial charge in [0.15, 0.2) is 18.7 Å². The first-order chi connectivity index (χ1) is 17.0. The van der Waals surface area contributed by atoms with Crippen molar-refractivity contribution in [3.63, 3.8) is 0 Å². The fourth-order valence-electron chi connectivity index (χ4n) is 4.25. The number of esters is 1. The summed E-state index contributed by atoms with van der Waals surface area (Å²) < 4.78 is 35.6. The predicted octanol–water partition coefficient (Wildman–Crippen LogP) is 2.49. The largest absolute Gasteiger partial charge is 0.467 e. The molecule has 9 heteroatoms. The quantitative estimate of drug-likeness (QED) is 0.569. The van der Waals surface area contributed by atoms with Crippen LogP contribution in [0.3, 0.4) is 0 Å². The SMILES string of the molecule is COC(=O)[C@H](C)O[C@@H]1[C@@H](NC(C)=O)[C@H](OCc2ccccc2)O[C@@H]2CO[C@H](c3ccccc3)O[C@@H]12. The Balaban J connectivity index is 1.60. The van der Waals surface area contributed by atoms with Gasteiger partial charge in [0.05, 0.1) is 20.3 Å². The van der Waals surface area contributed by atoms with Gasteiger partial charge in [0.1, 0.15) is 24.4 Å². The molecule has 0 unspecified atom stereocenters. The highest BCUT2D eigenvalue weighted by atomic mass is 16.8. The van der Waals surface area contributed by atoms with E-state index in [0.717, 1.165) is 11.1 Å². The van der Waals surface area contributed by atoms with Crippen molar-refractivity contribution in [2.24, 2.45) is 0 Å². The number of rotatable bonds is 8. The number of benzene rings is 2. The van der Waals surface area contributed by atoms with Crippen molar-refractivity contribution in [2.75, 3.05) is 13.7 Å². The van der Waals surface area contributed by atoms with Crippen LogP contribution in [-0.4, -0.2) is 62.3 Å². The second-order valence-electron chi connectivity index (χ2n) is 8.51. The highest BCUT2D eigenvalue weighted by Crippen LogP contribution is 2.36. The number of carbonyl (C=O) groups is 2. The average molecular weight is 486 g/mol. The fraction of sp³-hybridized carbons (Fsp3) is 0.462. The molecule has 0 aliphatic carbocycles. The predicted molar refractivity (Wildman–Crippen MR) is 124 cm³/mol. The lowest BCUT2D eigenvalue weighted by molar-refractivity contribution is -0.352. The Labute approximate surface area is 204 Å². The number of ether oxygens (including phenoxy) is 6.